The molecule has 0 aliphatic carbocycles. The summed E-state index contributed by atoms with van der Waals surface area (Å²) in [6.07, 6.45) is 1.86. The maximum Gasteiger partial charge on any atom is 0.295 e. The first kappa shape index (κ1) is 20.0. The smallest absolute Gasteiger partial charge is 0.295 e. The minimum atomic E-state index is -3.17. The molecular weight excluding hydrogens is 393 g/mol. The molecule has 1 N–H and O–H groups in total. The molecule has 1 saturated heterocycles. The summed E-state index contributed by atoms with van der Waals surface area (Å²) in [7, 11) is -3.17. The van der Waals surface area contributed by atoms with E-state index in [-0.39, 0.29) is 36.3 Å². The van der Waals surface area contributed by atoms with Gasteiger partial charge in [0.15, 0.2) is 9.84 Å². The van der Waals surface area contributed by atoms with Crippen LogP contribution in [-0.2, 0) is 21.2 Å². The number of hydrogen-bond donors (Lipinski definition) is 1. The van der Waals surface area contributed by atoms with E-state index < -0.39 is 32.2 Å². The normalized spacial score (nSPS) is 18.3. The van der Waals surface area contributed by atoms with Gasteiger partial charge < -0.3 is 9.73 Å². The van der Waals surface area contributed by atoms with Gasteiger partial charge in [-0.25, -0.2) is 12.8 Å². The number of nitro groups is 1. The van der Waals surface area contributed by atoms with Gasteiger partial charge in [0.1, 0.15) is 17.3 Å². The van der Waals surface area contributed by atoms with Gasteiger partial charge in [0.05, 0.1) is 41.8 Å². The van der Waals surface area contributed by atoms with Crippen LogP contribution in [0, 0.1) is 15.9 Å². The van der Waals surface area contributed by atoms with Crippen LogP contribution in [0.25, 0.3) is 0 Å². The second-order valence-electron chi connectivity index (χ2n) is 6.51. The summed E-state index contributed by atoms with van der Waals surface area (Å²) in [5, 5.41) is 13.5. The average molecular weight is 411 g/mol. The standard InChI is InChI=1S/C17H18FN3O6S/c18-12-3-4-15(16(8-12)21(23)24)19-17(22)10-20(9-14-2-1-6-27-14)13-5-7-28(25,26)11-13/h1-4,6,8,13H,5,7,9-11H2,(H,19,22). The minimum Gasteiger partial charge on any atom is -0.468 e. The quantitative estimate of drug-likeness (QED) is 0.546. The van der Waals surface area contributed by atoms with Gasteiger partial charge in [0.25, 0.3) is 5.69 Å². The fourth-order valence-corrected chi connectivity index (χ4v) is 4.88. The van der Waals surface area contributed by atoms with Crippen LogP contribution in [0.5, 0.6) is 0 Å². The van der Waals surface area contributed by atoms with Crippen molar-refractivity contribution in [3.8, 4) is 0 Å². The fourth-order valence-electron chi connectivity index (χ4n) is 3.12. The summed E-state index contributed by atoms with van der Waals surface area (Å²) in [4.78, 5) is 24.4. The van der Waals surface area contributed by atoms with Crippen molar-refractivity contribution in [3.63, 3.8) is 0 Å². The summed E-state index contributed by atoms with van der Waals surface area (Å²) >= 11 is 0. The van der Waals surface area contributed by atoms with E-state index >= 15 is 0 Å². The molecule has 28 heavy (non-hydrogen) atoms. The molecule has 1 aromatic carbocycles. The minimum absolute atomic E-state index is 0.0391. The molecule has 1 aliphatic rings. The Morgan fingerprint density at radius 2 is 2.18 bits per heavy atom. The molecule has 0 bridgehead atoms. The predicted molar refractivity (Wildman–Crippen MR) is 97.9 cm³/mol. The Hall–Kier alpha value is -2.79. The third kappa shape index (κ3) is 4.93. The number of nitro benzene ring substituents is 1. The second-order valence-corrected chi connectivity index (χ2v) is 8.74. The first-order chi connectivity index (χ1) is 13.2. The van der Waals surface area contributed by atoms with E-state index in [1.54, 1.807) is 17.0 Å². The van der Waals surface area contributed by atoms with Crippen molar-refractivity contribution in [1.82, 2.24) is 4.90 Å². The molecule has 0 radical (unpaired) electrons. The van der Waals surface area contributed by atoms with Crippen LogP contribution in [-0.4, -0.2) is 48.2 Å². The molecular formula is C17H18FN3O6S. The summed E-state index contributed by atoms with van der Waals surface area (Å²) in [6.45, 7) is 0.0154. The van der Waals surface area contributed by atoms with Crippen LogP contribution in [0.15, 0.2) is 41.0 Å². The number of furan rings is 1. The van der Waals surface area contributed by atoms with E-state index in [0.29, 0.717) is 12.2 Å². The second kappa shape index (κ2) is 8.07. The zero-order valence-corrected chi connectivity index (χ0v) is 15.5. The zero-order chi connectivity index (χ0) is 20.3. The molecule has 1 fully saturated rings. The number of carbonyl (C=O) groups excluding carboxylic acids is 1. The third-order valence-corrected chi connectivity index (χ3v) is 6.19. The topological polar surface area (TPSA) is 123 Å². The Kier molecular flexibility index (Phi) is 5.75. The number of sulfone groups is 1. The van der Waals surface area contributed by atoms with Crippen LogP contribution in [0.1, 0.15) is 12.2 Å². The SMILES string of the molecule is O=C(CN(Cc1ccco1)C1CCS(=O)(=O)C1)Nc1ccc(F)cc1[N+](=O)[O-]. The van der Waals surface area contributed by atoms with Gasteiger partial charge in [-0.05, 0) is 30.7 Å². The van der Waals surface area contributed by atoms with Gasteiger partial charge in [-0.15, -0.1) is 0 Å². The molecule has 1 aromatic heterocycles. The highest BCUT2D eigenvalue weighted by molar-refractivity contribution is 7.91. The Bertz CT molecular complexity index is 977. The van der Waals surface area contributed by atoms with E-state index in [0.717, 1.165) is 18.2 Å². The lowest BCUT2D eigenvalue weighted by Gasteiger charge is -2.26. The molecule has 1 amide bonds. The van der Waals surface area contributed by atoms with Gasteiger partial charge in [-0.3, -0.25) is 19.8 Å². The number of benzene rings is 1. The van der Waals surface area contributed by atoms with E-state index in [4.69, 9.17) is 4.42 Å². The van der Waals surface area contributed by atoms with Crippen molar-refractivity contribution in [3.05, 3.63) is 58.3 Å². The number of anilines is 1. The first-order valence-corrected chi connectivity index (χ1v) is 10.3. The molecule has 150 valence electrons. The van der Waals surface area contributed by atoms with Crippen molar-refractivity contribution in [2.75, 3.05) is 23.4 Å². The maximum absolute atomic E-state index is 13.3. The number of rotatable bonds is 7. The maximum atomic E-state index is 13.3. The number of hydrogen-bond acceptors (Lipinski definition) is 7. The highest BCUT2D eigenvalue weighted by Crippen LogP contribution is 2.25. The highest BCUT2D eigenvalue weighted by Gasteiger charge is 2.33. The molecule has 1 aliphatic heterocycles. The molecule has 0 spiro atoms. The summed E-state index contributed by atoms with van der Waals surface area (Å²) in [5.74, 6) is -0.842. The van der Waals surface area contributed by atoms with Gasteiger partial charge in [0.2, 0.25) is 5.91 Å². The van der Waals surface area contributed by atoms with Crippen molar-refractivity contribution in [2.45, 2.75) is 19.0 Å². The summed E-state index contributed by atoms with van der Waals surface area (Å²) in [6, 6.07) is 5.86. The Morgan fingerprint density at radius 3 is 2.79 bits per heavy atom. The van der Waals surface area contributed by atoms with Crippen molar-refractivity contribution in [2.24, 2.45) is 0 Å². The lowest BCUT2D eigenvalue weighted by molar-refractivity contribution is -0.384. The van der Waals surface area contributed by atoms with E-state index in [2.05, 4.69) is 5.32 Å². The molecule has 11 heteroatoms. The Balaban J connectivity index is 1.75. The highest BCUT2D eigenvalue weighted by atomic mass is 32.2. The van der Waals surface area contributed by atoms with E-state index in [1.807, 2.05) is 0 Å². The van der Waals surface area contributed by atoms with Gasteiger partial charge >= 0.3 is 0 Å². The number of carbonyl (C=O) groups is 1. The zero-order valence-electron chi connectivity index (χ0n) is 14.7. The lowest BCUT2D eigenvalue weighted by atomic mass is 10.2. The van der Waals surface area contributed by atoms with Gasteiger partial charge in [0, 0.05) is 6.04 Å². The molecule has 3 rings (SSSR count). The van der Waals surface area contributed by atoms with Crippen LogP contribution in [0.2, 0.25) is 0 Å². The molecule has 9 nitrogen and oxygen atoms in total. The Labute approximate surface area is 160 Å². The van der Waals surface area contributed by atoms with Crippen LogP contribution in [0.3, 0.4) is 0 Å². The van der Waals surface area contributed by atoms with Crippen LogP contribution < -0.4 is 5.32 Å². The summed E-state index contributed by atoms with van der Waals surface area (Å²) in [5.41, 5.74) is -0.692. The molecule has 2 aromatic rings. The number of nitrogens with zero attached hydrogens (tertiary/aromatic N) is 2. The first-order valence-electron chi connectivity index (χ1n) is 8.44. The van der Waals surface area contributed by atoms with Crippen molar-refractivity contribution >= 4 is 27.1 Å². The monoisotopic (exact) mass is 411 g/mol. The fraction of sp³-hybridized carbons (Fsp3) is 0.353. The largest absolute Gasteiger partial charge is 0.468 e. The van der Waals surface area contributed by atoms with Crippen molar-refractivity contribution < 1.29 is 26.9 Å². The predicted octanol–water partition coefficient (Wildman–Crippen LogP) is 1.95. The molecule has 1 atom stereocenters. The Morgan fingerprint density at radius 1 is 1.39 bits per heavy atom. The van der Waals surface area contributed by atoms with E-state index in [9.17, 15) is 27.7 Å². The number of halogens is 1. The molecule has 1 unspecified atom stereocenters. The lowest BCUT2D eigenvalue weighted by Crippen LogP contribution is -2.41. The summed E-state index contributed by atoms with van der Waals surface area (Å²) < 4.78 is 42.2. The third-order valence-electron chi connectivity index (χ3n) is 4.44. The van der Waals surface area contributed by atoms with Crippen LogP contribution in [0.4, 0.5) is 15.8 Å². The molecule has 0 saturated carbocycles. The van der Waals surface area contributed by atoms with Gasteiger partial charge in [-0.1, -0.05) is 0 Å². The average Bonchev–Trinajstić information content (AvgIpc) is 3.25. The number of amides is 1. The number of nitrogens with one attached hydrogen (secondary N) is 1. The van der Waals surface area contributed by atoms with Crippen molar-refractivity contribution in [1.29, 1.82) is 0 Å². The van der Waals surface area contributed by atoms with E-state index in [1.165, 1.54) is 6.26 Å². The van der Waals surface area contributed by atoms with Crippen LogP contribution >= 0.6 is 0 Å². The van der Waals surface area contributed by atoms with Gasteiger partial charge in [-0.2, -0.15) is 0 Å². The molecule has 2 heterocycles.